The van der Waals surface area contributed by atoms with Crippen molar-refractivity contribution in [2.24, 2.45) is 5.92 Å². The molecule has 1 aliphatic rings. The van der Waals surface area contributed by atoms with Gasteiger partial charge in [0, 0.05) is 30.1 Å². The van der Waals surface area contributed by atoms with Gasteiger partial charge in [-0.1, -0.05) is 18.2 Å². The number of anilines is 1. The van der Waals surface area contributed by atoms with Crippen molar-refractivity contribution < 1.29 is 4.79 Å². The van der Waals surface area contributed by atoms with Gasteiger partial charge in [0.05, 0.1) is 0 Å². The van der Waals surface area contributed by atoms with Crippen molar-refractivity contribution in [2.75, 3.05) is 5.32 Å². The van der Waals surface area contributed by atoms with Crippen LogP contribution >= 0.6 is 0 Å². The number of benzene rings is 1. The van der Waals surface area contributed by atoms with E-state index in [9.17, 15) is 4.79 Å². The summed E-state index contributed by atoms with van der Waals surface area (Å²) in [6, 6.07) is 10.2. The standard InChI is InChI=1S/C13H19N3O/c1-9-12(10(2)16-15-9)8-13(17)14-11-6-4-3-5-7-11/h3-7,9-10,12,15-16H,8H2,1-2H3,(H,14,17). The Morgan fingerprint density at radius 1 is 1.18 bits per heavy atom. The smallest absolute Gasteiger partial charge is 0.224 e. The van der Waals surface area contributed by atoms with Crippen LogP contribution in [0.3, 0.4) is 0 Å². The minimum atomic E-state index is 0.0744. The van der Waals surface area contributed by atoms with E-state index in [0.29, 0.717) is 24.4 Å². The maximum atomic E-state index is 11.9. The zero-order valence-corrected chi connectivity index (χ0v) is 10.2. The van der Waals surface area contributed by atoms with Gasteiger partial charge in [0.1, 0.15) is 0 Å². The molecule has 4 heteroatoms. The maximum Gasteiger partial charge on any atom is 0.224 e. The summed E-state index contributed by atoms with van der Waals surface area (Å²) >= 11 is 0. The first-order chi connectivity index (χ1) is 8.16. The lowest BCUT2D eigenvalue weighted by atomic mass is 9.93. The van der Waals surface area contributed by atoms with Gasteiger partial charge >= 0.3 is 0 Å². The molecule has 17 heavy (non-hydrogen) atoms. The number of rotatable bonds is 3. The Morgan fingerprint density at radius 3 is 2.35 bits per heavy atom. The van der Waals surface area contributed by atoms with Crippen LogP contribution in [0.1, 0.15) is 20.3 Å². The van der Waals surface area contributed by atoms with Crippen LogP contribution in [0.25, 0.3) is 0 Å². The van der Waals surface area contributed by atoms with Gasteiger partial charge in [0.25, 0.3) is 0 Å². The van der Waals surface area contributed by atoms with E-state index in [2.05, 4.69) is 30.0 Å². The van der Waals surface area contributed by atoms with Crippen molar-refractivity contribution >= 4 is 11.6 Å². The van der Waals surface area contributed by atoms with Crippen molar-refractivity contribution in [1.82, 2.24) is 10.9 Å². The minimum absolute atomic E-state index is 0.0744. The highest BCUT2D eigenvalue weighted by molar-refractivity contribution is 5.90. The topological polar surface area (TPSA) is 53.2 Å². The fourth-order valence-electron chi connectivity index (χ4n) is 2.21. The van der Waals surface area contributed by atoms with Gasteiger partial charge in [0.15, 0.2) is 0 Å². The molecule has 3 N–H and O–H groups in total. The normalized spacial score (nSPS) is 28.0. The summed E-state index contributed by atoms with van der Waals surface area (Å²) in [5, 5.41) is 2.92. The van der Waals surface area contributed by atoms with Gasteiger partial charge in [-0.25, -0.2) is 0 Å². The lowest BCUT2D eigenvalue weighted by molar-refractivity contribution is -0.117. The van der Waals surface area contributed by atoms with Gasteiger partial charge in [-0.2, -0.15) is 0 Å². The average Bonchev–Trinajstić information content (AvgIpc) is 2.62. The number of amides is 1. The number of hydrazine groups is 1. The molecule has 0 radical (unpaired) electrons. The Labute approximate surface area is 102 Å². The molecule has 0 spiro atoms. The van der Waals surface area contributed by atoms with Crippen LogP contribution in [0, 0.1) is 5.92 Å². The van der Waals surface area contributed by atoms with Crippen molar-refractivity contribution in [3.63, 3.8) is 0 Å². The van der Waals surface area contributed by atoms with Gasteiger partial charge in [0.2, 0.25) is 5.91 Å². The van der Waals surface area contributed by atoms with Crippen molar-refractivity contribution in [1.29, 1.82) is 0 Å². The predicted molar refractivity (Wildman–Crippen MR) is 68.4 cm³/mol. The van der Waals surface area contributed by atoms with Crippen LogP contribution in [0.2, 0.25) is 0 Å². The number of hydrogen-bond acceptors (Lipinski definition) is 3. The zero-order valence-electron chi connectivity index (χ0n) is 10.2. The highest BCUT2D eigenvalue weighted by Gasteiger charge is 2.31. The second-order valence-corrected chi connectivity index (χ2v) is 4.65. The Hall–Kier alpha value is -1.39. The van der Waals surface area contributed by atoms with Gasteiger partial charge < -0.3 is 5.32 Å². The molecule has 1 fully saturated rings. The van der Waals surface area contributed by atoms with E-state index in [1.54, 1.807) is 0 Å². The van der Waals surface area contributed by atoms with E-state index in [0.717, 1.165) is 5.69 Å². The fourth-order valence-corrected chi connectivity index (χ4v) is 2.21. The number of para-hydroxylation sites is 1. The molecule has 1 aliphatic heterocycles. The molecular formula is C13H19N3O. The molecule has 1 aromatic rings. The molecule has 0 aliphatic carbocycles. The van der Waals surface area contributed by atoms with E-state index in [1.807, 2.05) is 30.3 Å². The lowest BCUT2D eigenvalue weighted by Gasteiger charge is -2.17. The van der Waals surface area contributed by atoms with Crippen LogP contribution in [0.5, 0.6) is 0 Å². The molecule has 1 heterocycles. The minimum Gasteiger partial charge on any atom is -0.326 e. The summed E-state index contributed by atoms with van der Waals surface area (Å²) in [6.07, 6.45) is 0.539. The molecule has 4 nitrogen and oxygen atoms in total. The molecule has 1 aromatic carbocycles. The lowest BCUT2D eigenvalue weighted by Crippen LogP contribution is -2.30. The molecule has 0 aromatic heterocycles. The largest absolute Gasteiger partial charge is 0.326 e. The van der Waals surface area contributed by atoms with Crippen LogP contribution in [0.4, 0.5) is 5.69 Å². The SMILES string of the molecule is CC1NNC(C)C1CC(=O)Nc1ccccc1. The second-order valence-electron chi connectivity index (χ2n) is 4.65. The molecule has 1 saturated heterocycles. The molecule has 0 saturated carbocycles. The summed E-state index contributed by atoms with van der Waals surface area (Å²) in [5.74, 6) is 0.407. The third-order valence-electron chi connectivity index (χ3n) is 3.30. The van der Waals surface area contributed by atoms with Gasteiger partial charge in [-0.3, -0.25) is 15.6 Å². The van der Waals surface area contributed by atoms with Crippen molar-refractivity contribution in [3.8, 4) is 0 Å². The Balaban J connectivity index is 1.89. The maximum absolute atomic E-state index is 11.9. The summed E-state index contributed by atoms with van der Waals surface area (Å²) in [5.41, 5.74) is 7.18. The van der Waals surface area contributed by atoms with Crippen molar-refractivity contribution in [3.05, 3.63) is 30.3 Å². The molecular weight excluding hydrogens is 214 g/mol. The molecule has 92 valence electrons. The van der Waals surface area contributed by atoms with Gasteiger partial charge in [-0.15, -0.1) is 0 Å². The third kappa shape index (κ3) is 3.05. The van der Waals surface area contributed by atoms with E-state index < -0.39 is 0 Å². The number of carbonyl (C=O) groups excluding carboxylic acids is 1. The van der Waals surface area contributed by atoms with Crippen LogP contribution in [-0.4, -0.2) is 18.0 Å². The quantitative estimate of drug-likeness (QED) is 0.742. The van der Waals surface area contributed by atoms with Crippen molar-refractivity contribution in [2.45, 2.75) is 32.4 Å². The van der Waals surface area contributed by atoms with E-state index in [4.69, 9.17) is 0 Å². The first-order valence-corrected chi connectivity index (χ1v) is 6.03. The molecule has 0 bridgehead atoms. The Kier molecular flexibility index (Phi) is 3.76. The van der Waals surface area contributed by atoms with Crippen LogP contribution in [-0.2, 0) is 4.79 Å². The van der Waals surface area contributed by atoms with E-state index >= 15 is 0 Å². The number of nitrogens with one attached hydrogen (secondary N) is 3. The second kappa shape index (κ2) is 5.29. The molecule has 2 atom stereocenters. The summed E-state index contributed by atoms with van der Waals surface area (Å²) < 4.78 is 0. The molecule has 2 unspecified atom stereocenters. The summed E-state index contributed by atoms with van der Waals surface area (Å²) in [4.78, 5) is 11.9. The monoisotopic (exact) mass is 233 g/mol. The van der Waals surface area contributed by atoms with Gasteiger partial charge in [-0.05, 0) is 26.0 Å². The van der Waals surface area contributed by atoms with E-state index in [-0.39, 0.29) is 5.91 Å². The highest BCUT2D eigenvalue weighted by atomic mass is 16.1. The van der Waals surface area contributed by atoms with Crippen LogP contribution < -0.4 is 16.2 Å². The highest BCUT2D eigenvalue weighted by Crippen LogP contribution is 2.19. The molecule has 2 rings (SSSR count). The summed E-state index contributed by atoms with van der Waals surface area (Å²) in [7, 11) is 0. The third-order valence-corrected chi connectivity index (χ3v) is 3.30. The first kappa shape index (κ1) is 12.1. The van der Waals surface area contributed by atoms with E-state index in [1.165, 1.54) is 0 Å². The number of carbonyl (C=O) groups is 1. The Bertz CT molecular complexity index is 370. The first-order valence-electron chi connectivity index (χ1n) is 6.03. The number of hydrogen-bond donors (Lipinski definition) is 3. The average molecular weight is 233 g/mol. The Morgan fingerprint density at radius 2 is 1.76 bits per heavy atom. The fraction of sp³-hybridized carbons (Fsp3) is 0.462. The predicted octanol–water partition coefficient (Wildman–Crippen LogP) is 1.52. The zero-order chi connectivity index (χ0) is 12.3. The summed E-state index contributed by atoms with van der Waals surface area (Å²) in [6.45, 7) is 4.19. The molecule has 1 amide bonds. The van der Waals surface area contributed by atoms with Crippen LogP contribution in [0.15, 0.2) is 30.3 Å².